The van der Waals surface area contributed by atoms with Crippen molar-refractivity contribution < 1.29 is 9.59 Å². The third-order valence-electron chi connectivity index (χ3n) is 3.17. The monoisotopic (exact) mass is 392 g/mol. The Kier molecular flexibility index (Phi) is 4.44. The molecule has 23 heavy (non-hydrogen) atoms. The predicted octanol–water partition coefficient (Wildman–Crippen LogP) is 3.14. The van der Waals surface area contributed by atoms with Gasteiger partial charge in [-0.15, -0.1) is 11.3 Å². The van der Waals surface area contributed by atoms with Crippen molar-refractivity contribution >= 4 is 56.1 Å². The van der Waals surface area contributed by atoms with E-state index in [4.69, 9.17) is 0 Å². The van der Waals surface area contributed by atoms with Crippen LogP contribution in [0.1, 0.15) is 16.6 Å². The van der Waals surface area contributed by atoms with Crippen molar-refractivity contribution in [3.05, 3.63) is 45.1 Å². The lowest BCUT2D eigenvalue weighted by atomic mass is 10.3. The summed E-state index contributed by atoms with van der Waals surface area (Å²) < 4.78 is 0.863. The maximum absolute atomic E-state index is 12.2. The minimum Gasteiger partial charge on any atom is -0.340 e. The Labute approximate surface area is 144 Å². The second kappa shape index (κ2) is 6.51. The van der Waals surface area contributed by atoms with E-state index in [2.05, 4.69) is 36.5 Å². The summed E-state index contributed by atoms with van der Waals surface area (Å²) in [5.41, 5.74) is 1.60. The van der Waals surface area contributed by atoms with E-state index in [-0.39, 0.29) is 11.8 Å². The number of aromatic nitrogens is 2. The Morgan fingerprint density at radius 2 is 2.04 bits per heavy atom. The maximum Gasteiger partial charge on any atom is 0.262 e. The van der Waals surface area contributed by atoms with Crippen molar-refractivity contribution in [2.45, 2.75) is 13.0 Å². The van der Waals surface area contributed by atoms with Crippen LogP contribution in [-0.4, -0.2) is 27.8 Å². The Bertz CT molecular complexity index is 840. The Morgan fingerprint density at radius 1 is 1.26 bits per heavy atom. The Morgan fingerprint density at radius 3 is 2.74 bits per heavy atom. The van der Waals surface area contributed by atoms with Crippen LogP contribution in [0.2, 0.25) is 0 Å². The summed E-state index contributed by atoms with van der Waals surface area (Å²) in [7, 11) is 0. The topological polar surface area (TPSA) is 86.9 Å². The summed E-state index contributed by atoms with van der Waals surface area (Å²) in [6.45, 7) is 1.62. The minimum atomic E-state index is -0.684. The number of halogens is 1. The molecule has 0 radical (unpaired) electrons. The highest BCUT2D eigenvalue weighted by Gasteiger charge is 2.18. The molecule has 0 saturated carbocycles. The van der Waals surface area contributed by atoms with Crippen LogP contribution in [0.4, 0.5) is 5.95 Å². The third kappa shape index (κ3) is 3.59. The molecule has 3 rings (SSSR count). The molecule has 0 aliphatic heterocycles. The number of anilines is 1. The minimum absolute atomic E-state index is 0.284. The van der Waals surface area contributed by atoms with Gasteiger partial charge in [-0.25, -0.2) is 4.98 Å². The number of fused-ring (bicyclic) bond motifs is 1. The lowest BCUT2D eigenvalue weighted by Gasteiger charge is -2.12. The molecule has 0 spiro atoms. The summed E-state index contributed by atoms with van der Waals surface area (Å²) in [5, 5.41) is 5.33. The van der Waals surface area contributed by atoms with E-state index in [9.17, 15) is 9.59 Å². The number of benzene rings is 1. The number of nitrogens with one attached hydrogen (secondary N) is 3. The molecule has 1 aromatic carbocycles. The molecular weight excluding hydrogens is 380 g/mol. The summed E-state index contributed by atoms with van der Waals surface area (Å²) in [6, 6.07) is 10.3. The molecule has 8 heteroatoms. The molecule has 3 aromatic rings. The molecule has 2 aromatic heterocycles. The number of H-pyrrole nitrogens is 1. The predicted molar refractivity (Wildman–Crippen MR) is 93.7 cm³/mol. The highest BCUT2D eigenvalue weighted by atomic mass is 79.9. The number of carbonyl (C=O) groups excluding carboxylic acids is 2. The summed E-state index contributed by atoms with van der Waals surface area (Å²) in [6.07, 6.45) is 0. The number of rotatable bonds is 4. The Hall–Kier alpha value is -2.19. The highest BCUT2D eigenvalue weighted by molar-refractivity contribution is 9.11. The van der Waals surface area contributed by atoms with Crippen LogP contribution in [0.25, 0.3) is 11.0 Å². The van der Waals surface area contributed by atoms with Gasteiger partial charge in [0.25, 0.3) is 5.91 Å². The highest BCUT2D eigenvalue weighted by Crippen LogP contribution is 2.22. The number of imidazole rings is 1. The van der Waals surface area contributed by atoms with Crippen LogP contribution in [0.5, 0.6) is 0 Å². The van der Waals surface area contributed by atoms with Gasteiger partial charge in [-0.2, -0.15) is 0 Å². The van der Waals surface area contributed by atoms with Gasteiger partial charge in [-0.3, -0.25) is 14.9 Å². The summed E-state index contributed by atoms with van der Waals surface area (Å²) in [5.74, 6) is -0.267. The molecule has 2 amide bonds. The molecule has 2 heterocycles. The normalized spacial score (nSPS) is 12.1. The van der Waals surface area contributed by atoms with Crippen LogP contribution >= 0.6 is 27.3 Å². The van der Waals surface area contributed by atoms with Gasteiger partial charge in [0.2, 0.25) is 11.9 Å². The van der Waals surface area contributed by atoms with Gasteiger partial charge in [0.1, 0.15) is 6.04 Å². The molecule has 0 aliphatic rings. The van der Waals surface area contributed by atoms with Crippen molar-refractivity contribution in [2.24, 2.45) is 0 Å². The number of amides is 2. The zero-order chi connectivity index (χ0) is 16.4. The molecular formula is C15H13BrN4O2S. The van der Waals surface area contributed by atoms with E-state index >= 15 is 0 Å². The van der Waals surface area contributed by atoms with E-state index in [0.29, 0.717) is 10.8 Å². The van der Waals surface area contributed by atoms with Crippen molar-refractivity contribution in [3.63, 3.8) is 0 Å². The molecule has 3 N–H and O–H groups in total. The first kappa shape index (κ1) is 15.7. The fraction of sp³-hybridized carbons (Fsp3) is 0.133. The molecule has 1 unspecified atom stereocenters. The smallest absolute Gasteiger partial charge is 0.262 e. The van der Waals surface area contributed by atoms with Crippen molar-refractivity contribution in [1.82, 2.24) is 15.3 Å². The van der Waals surface area contributed by atoms with Crippen LogP contribution in [-0.2, 0) is 4.79 Å². The van der Waals surface area contributed by atoms with E-state index in [1.807, 2.05) is 24.3 Å². The van der Waals surface area contributed by atoms with Crippen LogP contribution in [0, 0.1) is 0 Å². The average molecular weight is 393 g/mol. The molecule has 6 nitrogen and oxygen atoms in total. The number of thiophene rings is 1. The lowest BCUT2D eigenvalue weighted by Crippen LogP contribution is -2.41. The Balaban J connectivity index is 1.64. The average Bonchev–Trinajstić information content (AvgIpc) is 3.12. The van der Waals surface area contributed by atoms with Crippen molar-refractivity contribution in [2.75, 3.05) is 5.32 Å². The zero-order valence-electron chi connectivity index (χ0n) is 12.1. The fourth-order valence-electron chi connectivity index (χ4n) is 2.01. The molecule has 0 bridgehead atoms. The lowest BCUT2D eigenvalue weighted by molar-refractivity contribution is -0.117. The summed E-state index contributed by atoms with van der Waals surface area (Å²) in [4.78, 5) is 32.0. The van der Waals surface area contributed by atoms with E-state index in [1.54, 1.807) is 19.1 Å². The van der Waals surface area contributed by atoms with Gasteiger partial charge in [0.05, 0.1) is 19.7 Å². The number of para-hydroxylation sites is 2. The zero-order valence-corrected chi connectivity index (χ0v) is 14.5. The number of hydrogen-bond acceptors (Lipinski definition) is 4. The number of nitrogens with zero attached hydrogens (tertiary/aromatic N) is 1. The van der Waals surface area contributed by atoms with Gasteiger partial charge >= 0.3 is 0 Å². The first-order chi connectivity index (χ1) is 11.0. The fourth-order valence-corrected chi connectivity index (χ4v) is 3.30. The third-order valence-corrected chi connectivity index (χ3v) is 4.79. The summed E-state index contributed by atoms with van der Waals surface area (Å²) >= 11 is 4.61. The second-order valence-corrected chi connectivity index (χ2v) is 7.35. The number of aromatic amines is 1. The van der Waals surface area contributed by atoms with Crippen LogP contribution < -0.4 is 10.6 Å². The quantitative estimate of drug-likeness (QED) is 0.637. The van der Waals surface area contributed by atoms with E-state index < -0.39 is 6.04 Å². The van der Waals surface area contributed by atoms with Gasteiger partial charge in [-0.05, 0) is 47.1 Å². The first-order valence-electron chi connectivity index (χ1n) is 6.85. The number of carbonyl (C=O) groups is 2. The van der Waals surface area contributed by atoms with Crippen molar-refractivity contribution in [1.29, 1.82) is 0 Å². The van der Waals surface area contributed by atoms with Gasteiger partial charge in [0.15, 0.2) is 0 Å². The van der Waals surface area contributed by atoms with Crippen molar-refractivity contribution in [3.8, 4) is 0 Å². The molecule has 0 aliphatic carbocycles. The second-order valence-electron chi connectivity index (χ2n) is 4.89. The van der Waals surface area contributed by atoms with Crippen LogP contribution in [0.3, 0.4) is 0 Å². The molecule has 0 saturated heterocycles. The van der Waals surface area contributed by atoms with E-state index in [1.165, 1.54) is 11.3 Å². The first-order valence-corrected chi connectivity index (χ1v) is 8.45. The van der Waals surface area contributed by atoms with Gasteiger partial charge in [0, 0.05) is 0 Å². The molecule has 0 fully saturated rings. The maximum atomic E-state index is 12.2. The van der Waals surface area contributed by atoms with Crippen LogP contribution in [0.15, 0.2) is 40.2 Å². The number of hydrogen-bond donors (Lipinski definition) is 3. The van der Waals surface area contributed by atoms with E-state index in [0.717, 1.165) is 14.8 Å². The SMILES string of the molecule is CC(NC(=O)c1ccc(Br)s1)C(=O)Nc1nc2ccccc2[nH]1. The molecule has 118 valence electrons. The van der Waals surface area contributed by atoms with Gasteiger partial charge < -0.3 is 10.3 Å². The standard InChI is InChI=1S/C15H13BrN4O2S/c1-8(17-14(22)11-6-7-12(16)23-11)13(21)20-15-18-9-4-2-3-5-10(9)19-15/h2-8H,1H3,(H,17,22)(H2,18,19,20,21). The van der Waals surface area contributed by atoms with Gasteiger partial charge in [-0.1, -0.05) is 12.1 Å². The largest absolute Gasteiger partial charge is 0.340 e. The molecule has 1 atom stereocenters.